The minimum absolute atomic E-state index is 0.109. The van der Waals surface area contributed by atoms with Crippen molar-refractivity contribution in [3.8, 4) is 11.6 Å². The number of allylic oxidation sites excluding steroid dienone is 2. The highest BCUT2D eigenvalue weighted by Gasteiger charge is 2.14. The lowest BCUT2D eigenvalue weighted by Gasteiger charge is -2.09. The van der Waals surface area contributed by atoms with Gasteiger partial charge in [-0.3, -0.25) is 14.8 Å². The highest BCUT2D eigenvalue weighted by atomic mass is 19.1. The van der Waals surface area contributed by atoms with Gasteiger partial charge in [0.1, 0.15) is 11.4 Å². The van der Waals surface area contributed by atoms with Gasteiger partial charge in [0.15, 0.2) is 0 Å². The molecule has 2 heterocycles. The first-order valence-corrected chi connectivity index (χ1v) is 6.33. The summed E-state index contributed by atoms with van der Waals surface area (Å²) in [6, 6.07) is 4.93. The lowest BCUT2D eigenvalue weighted by atomic mass is 10.2. The fourth-order valence-corrected chi connectivity index (χ4v) is 2.05. The molecule has 0 unspecified atom stereocenters. The minimum Gasteiger partial charge on any atom is -0.494 e. The number of nitrogens with zero attached hydrogens (tertiary/aromatic N) is 2. The van der Waals surface area contributed by atoms with Crippen LogP contribution in [0, 0.1) is 5.82 Å². The second-order valence-electron chi connectivity index (χ2n) is 4.51. The molecule has 110 valence electrons. The van der Waals surface area contributed by atoms with E-state index in [4.69, 9.17) is 0 Å². The zero-order chi connectivity index (χ0) is 15.7. The monoisotopic (exact) mass is 299 g/mol. The smallest absolute Gasteiger partial charge is 0.335 e. The molecule has 1 aliphatic rings. The van der Waals surface area contributed by atoms with Crippen LogP contribution < -0.4 is 11.2 Å². The van der Waals surface area contributed by atoms with E-state index in [1.54, 1.807) is 12.2 Å². The number of aromatic nitrogens is 2. The lowest BCUT2D eigenvalue weighted by molar-refractivity contribution is 0.429. The molecule has 0 saturated heterocycles. The molecule has 2 N–H and O–H groups in total. The first kappa shape index (κ1) is 13.7. The molecule has 0 fully saturated rings. The molecule has 1 aromatic heterocycles. The van der Waals surface area contributed by atoms with Gasteiger partial charge in [0.25, 0.3) is 5.56 Å². The Morgan fingerprint density at radius 2 is 1.95 bits per heavy atom. The van der Waals surface area contributed by atoms with Crippen molar-refractivity contribution in [2.24, 2.45) is 4.99 Å². The number of H-pyrrole nitrogens is 1. The van der Waals surface area contributed by atoms with E-state index in [0.29, 0.717) is 5.70 Å². The predicted octanol–water partition coefficient (Wildman–Crippen LogP) is 1.35. The third-order valence-corrected chi connectivity index (χ3v) is 3.07. The van der Waals surface area contributed by atoms with Crippen LogP contribution in [0.2, 0.25) is 0 Å². The standard InChI is InChI=1S/C15H10FN3O3/c16-9-3-5-11(6-4-9)19-14(21)12(13(20)18-15(19)22)8-10-2-1-7-17-10/h1-8,21H,(H,18,20,22)/b10-8+. The lowest BCUT2D eigenvalue weighted by Crippen LogP contribution is -2.30. The van der Waals surface area contributed by atoms with Gasteiger partial charge in [0.2, 0.25) is 5.88 Å². The van der Waals surface area contributed by atoms with Crippen LogP contribution in [0.25, 0.3) is 11.8 Å². The van der Waals surface area contributed by atoms with Gasteiger partial charge in [-0.15, -0.1) is 0 Å². The van der Waals surface area contributed by atoms with Crippen LogP contribution in [-0.2, 0) is 0 Å². The van der Waals surface area contributed by atoms with Gasteiger partial charge in [0.05, 0.1) is 11.4 Å². The van der Waals surface area contributed by atoms with Crippen molar-refractivity contribution in [1.82, 2.24) is 9.55 Å². The summed E-state index contributed by atoms with van der Waals surface area (Å²) in [7, 11) is 0. The van der Waals surface area contributed by atoms with E-state index in [0.717, 1.165) is 16.7 Å². The molecular weight excluding hydrogens is 289 g/mol. The molecule has 3 rings (SSSR count). The highest BCUT2D eigenvalue weighted by molar-refractivity contribution is 5.79. The summed E-state index contributed by atoms with van der Waals surface area (Å²) in [6.45, 7) is 0. The second-order valence-corrected chi connectivity index (χ2v) is 4.51. The van der Waals surface area contributed by atoms with E-state index in [9.17, 15) is 19.1 Å². The summed E-state index contributed by atoms with van der Waals surface area (Å²) in [6.07, 6.45) is 6.21. The van der Waals surface area contributed by atoms with Gasteiger partial charge in [-0.2, -0.15) is 0 Å². The highest BCUT2D eigenvalue weighted by Crippen LogP contribution is 2.20. The summed E-state index contributed by atoms with van der Waals surface area (Å²) < 4.78 is 13.9. The van der Waals surface area contributed by atoms with E-state index in [-0.39, 0.29) is 11.3 Å². The van der Waals surface area contributed by atoms with Crippen LogP contribution in [0.15, 0.2) is 56.7 Å². The minimum atomic E-state index is -0.818. The molecule has 0 radical (unpaired) electrons. The van der Waals surface area contributed by atoms with E-state index >= 15 is 0 Å². The second kappa shape index (κ2) is 5.28. The molecule has 2 aromatic rings. The molecule has 0 saturated carbocycles. The van der Waals surface area contributed by atoms with Gasteiger partial charge in [-0.1, -0.05) is 0 Å². The fourth-order valence-electron chi connectivity index (χ4n) is 2.05. The Labute approximate surface area is 123 Å². The summed E-state index contributed by atoms with van der Waals surface area (Å²) >= 11 is 0. The van der Waals surface area contributed by atoms with Crippen molar-refractivity contribution in [3.63, 3.8) is 0 Å². The number of nitrogens with one attached hydrogen (secondary N) is 1. The van der Waals surface area contributed by atoms with Crippen LogP contribution in [0.5, 0.6) is 5.88 Å². The predicted molar refractivity (Wildman–Crippen MR) is 79.9 cm³/mol. The largest absolute Gasteiger partial charge is 0.494 e. The van der Waals surface area contributed by atoms with Crippen LogP contribution in [-0.4, -0.2) is 20.9 Å². The zero-order valence-electron chi connectivity index (χ0n) is 11.2. The Balaban J connectivity index is 2.24. The van der Waals surface area contributed by atoms with Crippen LogP contribution in [0.1, 0.15) is 5.56 Å². The third kappa shape index (κ3) is 2.39. The molecule has 7 heteroatoms. The van der Waals surface area contributed by atoms with Crippen LogP contribution in [0.3, 0.4) is 0 Å². The van der Waals surface area contributed by atoms with Crippen molar-refractivity contribution < 1.29 is 9.50 Å². The quantitative estimate of drug-likeness (QED) is 0.877. The van der Waals surface area contributed by atoms with Gasteiger partial charge in [-0.25, -0.2) is 13.8 Å². The Bertz CT molecular complexity index is 920. The number of benzene rings is 1. The van der Waals surface area contributed by atoms with Gasteiger partial charge in [0, 0.05) is 6.21 Å². The Morgan fingerprint density at radius 3 is 2.59 bits per heavy atom. The number of aliphatic imine (C=N–C) groups is 1. The number of hydrogen-bond donors (Lipinski definition) is 2. The summed E-state index contributed by atoms with van der Waals surface area (Å²) in [5, 5.41) is 10.3. The van der Waals surface area contributed by atoms with Crippen molar-refractivity contribution in [2.75, 3.05) is 0 Å². The van der Waals surface area contributed by atoms with Gasteiger partial charge in [-0.05, 0) is 42.5 Å². The molecule has 1 aromatic carbocycles. The maximum Gasteiger partial charge on any atom is 0.335 e. The van der Waals surface area contributed by atoms with Crippen LogP contribution >= 0.6 is 0 Å². The number of halogens is 1. The molecule has 1 aliphatic heterocycles. The molecular formula is C15H10FN3O3. The summed E-state index contributed by atoms with van der Waals surface area (Å²) in [5.74, 6) is -1.02. The molecule has 0 aliphatic carbocycles. The van der Waals surface area contributed by atoms with Crippen molar-refractivity contribution in [3.05, 3.63) is 74.3 Å². The topological polar surface area (TPSA) is 87.5 Å². The number of hydrogen-bond acceptors (Lipinski definition) is 4. The molecule has 6 nitrogen and oxygen atoms in total. The fraction of sp³-hybridized carbons (Fsp3) is 0. The first-order chi connectivity index (χ1) is 10.6. The van der Waals surface area contributed by atoms with Crippen molar-refractivity contribution in [1.29, 1.82) is 0 Å². The molecule has 0 amide bonds. The normalized spacial score (nSPS) is 14.9. The van der Waals surface area contributed by atoms with Crippen molar-refractivity contribution >= 4 is 12.3 Å². The Kier molecular flexibility index (Phi) is 3.30. The number of aromatic amines is 1. The van der Waals surface area contributed by atoms with E-state index in [2.05, 4.69) is 9.98 Å². The number of rotatable bonds is 2. The number of aromatic hydroxyl groups is 1. The van der Waals surface area contributed by atoms with E-state index in [1.807, 2.05) is 0 Å². The molecule has 0 atom stereocenters. The summed E-state index contributed by atoms with van der Waals surface area (Å²) in [4.78, 5) is 29.9. The first-order valence-electron chi connectivity index (χ1n) is 6.33. The van der Waals surface area contributed by atoms with Crippen LogP contribution in [0.4, 0.5) is 4.39 Å². The SMILES string of the molecule is O=c1[nH]c(=O)n(-c2ccc(F)cc2)c(O)c1/C=C1\C=CC=N1. The molecule has 0 bridgehead atoms. The third-order valence-electron chi connectivity index (χ3n) is 3.07. The Morgan fingerprint density at radius 1 is 1.23 bits per heavy atom. The van der Waals surface area contributed by atoms with E-state index in [1.165, 1.54) is 24.4 Å². The average Bonchev–Trinajstić information content (AvgIpc) is 2.98. The maximum absolute atomic E-state index is 13.0. The van der Waals surface area contributed by atoms with Crippen molar-refractivity contribution in [2.45, 2.75) is 0 Å². The molecule has 0 spiro atoms. The van der Waals surface area contributed by atoms with Gasteiger partial charge < -0.3 is 5.11 Å². The summed E-state index contributed by atoms with van der Waals surface area (Å²) in [5.41, 5.74) is -0.969. The van der Waals surface area contributed by atoms with Gasteiger partial charge >= 0.3 is 5.69 Å². The maximum atomic E-state index is 13.0. The van der Waals surface area contributed by atoms with E-state index < -0.39 is 22.9 Å². The average molecular weight is 299 g/mol. The Hall–Kier alpha value is -3.22. The zero-order valence-corrected chi connectivity index (χ0v) is 11.2. The molecule has 22 heavy (non-hydrogen) atoms.